The number of furan rings is 2. The molecule has 0 aliphatic carbocycles. The first-order valence-electron chi connectivity index (χ1n) is 39.0. The van der Waals surface area contributed by atoms with Crippen LogP contribution in [0.2, 0.25) is 0 Å². The van der Waals surface area contributed by atoms with Gasteiger partial charge in [-0.15, -0.1) is 0 Å². The zero-order chi connectivity index (χ0) is 75.7. The lowest BCUT2D eigenvalue weighted by molar-refractivity contribution is 0.669. The molecule has 2 aromatic heterocycles. The van der Waals surface area contributed by atoms with Gasteiger partial charge in [0.05, 0.1) is 21.9 Å². The predicted molar refractivity (Wildman–Crippen MR) is 400 cm³/mol. The molecule has 0 radical (unpaired) electrons. The van der Waals surface area contributed by atoms with Crippen molar-refractivity contribution in [3.63, 3.8) is 0 Å². The van der Waals surface area contributed by atoms with Gasteiger partial charge in [-0.05, 0) is 201 Å². The van der Waals surface area contributed by atoms with Gasteiger partial charge in [-0.2, -0.15) is 0 Å². The van der Waals surface area contributed by atoms with E-state index in [4.69, 9.17) is 19.8 Å². The Labute approximate surface area is 564 Å². The van der Waals surface area contributed by atoms with Gasteiger partial charge in [-0.25, -0.2) is 0 Å². The van der Waals surface area contributed by atoms with Crippen LogP contribution in [-0.4, -0.2) is 0 Å². The summed E-state index contributed by atoms with van der Waals surface area (Å²) in [6, 6.07) is 73.0. The second kappa shape index (κ2) is 21.7. The van der Waals surface area contributed by atoms with E-state index < -0.39 is 48.3 Å². The highest BCUT2D eigenvalue weighted by Gasteiger charge is 2.21. The Morgan fingerprint density at radius 2 is 0.553 bits per heavy atom. The van der Waals surface area contributed by atoms with Crippen LogP contribution in [0.15, 0.2) is 348 Å². The lowest BCUT2D eigenvalue weighted by atomic mass is 9.85. The van der Waals surface area contributed by atoms with E-state index in [9.17, 15) is 11.0 Å². The number of para-hydroxylation sites is 1. The van der Waals surface area contributed by atoms with Gasteiger partial charge < -0.3 is 8.83 Å². The van der Waals surface area contributed by atoms with Crippen LogP contribution in [0.4, 0.5) is 0 Å². The fourth-order valence-electron chi connectivity index (χ4n) is 14.2. The Bertz CT molecular complexity index is 7310. The third-order valence-electron chi connectivity index (χ3n) is 18.5. The molecule has 94 heavy (non-hydrogen) atoms. The molecule has 0 aliphatic heterocycles. The molecule has 0 fully saturated rings. The molecule has 20 rings (SSSR count). The van der Waals surface area contributed by atoms with E-state index in [0.717, 1.165) is 109 Å². The predicted octanol–water partition coefficient (Wildman–Crippen LogP) is 26.4. The van der Waals surface area contributed by atoms with Gasteiger partial charge in [-0.1, -0.05) is 291 Å². The van der Waals surface area contributed by atoms with E-state index in [-0.39, 0.29) is 91.4 Å². The van der Waals surface area contributed by atoms with Crippen molar-refractivity contribution in [3.8, 4) is 66.8 Å². The van der Waals surface area contributed by atoms with E-state index >= 15 is 0 Å². The lowest BCUT2D eigenvalue weighted by Crippen LogP contribution is -1.91. The summed E-state index contributed by atoms with van der Waals surface area (Å²) in [7, 11) is 0. The van der Waals surface area contributed by atoms with E-state index in [0.29, 0.717) is 44.5 Å². The second-order valence-electron chi connectivity index (χ2n) is 23.7. The van der Waals surface area contributed by atoms with Crippen LogP contribution >= 0.6 is 0 Å². The quantitative estimate of drug-likeness (QED) is 0.155. The first kappa shape index (κ1) is 39.7. The topological polar surface area (TPSA) is 26.3 Å². The highest BCUT2D eigenvalue weighted by Crippen LogP contribution is 2.48. The number of benzene rings is 18. The Kier molecular flexibility index (Phi) is 9.15. The maximum atomic E-state index is 9.30. The van der Waals surface area contributed by atoms with Crippen LogP contribution < -0.4 is 0 Å². The second-order valence-corrected chi connectivity index (χ2v) is 23.7. The molecule has 2 heterocycles. The van der Waals surface area contributed by atoms with Crippen LogP contribution in [0, 0.1) is 0 Å². The molecule has 0 aliphatic rings. The summed E-state index contributed by atoms with van der Waals surface area (Å²) >= 11 is 0. The Balaban J connectivity index is 0.000000149. The van der Waals surface area contributed by atoms with Crippen molar-refractivity contribution in [2.45, 2.75) is 0 Å². The number of hydrogen-bond donors (Lipinski definition) is 0. The van der Waals surface area contributed by atoms with Crippen molar-refractivity contribution >= 4 is 130 Å². The Morgan fingerprint density at radius 3 is 1.06 bits per heavy atom. The SMILES string of the molecule is [2H]c1c([2H])c([2H])c2c(-c3ccc4ccccc4c3)c3c([2H])c([2H])c([2H])c([2H])c3c(-c3ccc(-c4cc5oc6ccccc6c5c5ccccc45)cc3)c2c1[2H].[2H]c1c([2H])c([2H])c2c(-c3ccc4ccccc4c3)c3c([2H])c([2H])c([2H])c([2H])c3c(-c3ccc(-c4ccc5c(c4)oc4cc6ccccc6cc45)cc3)c2c1[2H]. The molecule has 0 amide bonds. The maximum absolute atomic E-state index is 9.30. The standard InChI is InChI=1S/2C46H28O/c1-2-12-32-27-33(26-21-29(32)11-1)45-38-17-7-5-15-36(38)44(37-16-6-8-18-39(37)45)31-24-22-30(23-25-31)41-28-43-46(35-14-4-3-13-34(35)41)40-19-9-10-20-42(40)47-43;1-2-10-32-25-36(22-19-29(32)9-1)46-40-15-7-5-13-38(40)45(39-14-6-8-16-41(39)46)31-20-17-30(18-21-31)35-23-24-37-42-26-33-11-3-4-12-34(33)27-44(42)47-43(37)28-35/h2*1-28H/i5D,6D,7D,8D,15D,16D,17D,18D;5D,6D,7D,8D,13D,14D,15D,16D. The van der Waals surface area contributed by atoms with Crippen molar-refractivity contribution < 1.29 is 30.8 Å². The maximum Gasteiger partial charge on any atom is 0.136 e. The average Bonchev–Trinajstić information content (AvgIpc) is 0.831. The number of fused-ring (bicyclic) bond motifs is 15. The fraction of sp³-hybridized carbons (Fsp3) is 0. The van der Waals surface area contributed by atoms with Crippen LogP contribution in [-0.2, 0) is 0 Å². The molecule has 18 aromatic carbocycles. The van der Waals surface area contributed by atoms with Gasteiger partial charge in [-0.3, -0.25) is 0 Å². The average molecular weight is 1210 g/mol. The minimum Gasteiger partial charge on any atom is -0.456 e. The lowest BCUT2D eigenvalue weighted by Gasteiger charge is -2.18. The summed E-state index contributed by atoms with van der Waals surface area (Å²) in [6.45, 7) is 0. The van der Waals surface area contributed by atoms with Crippen LogP contribution in [0.1, 0.15) is 21.9 Å². The summed E-state index contributed by atoms with van der Waals surface area (Å²) in [5, 5.41) is 13.7. The molecule has 0 saturated carbocycles. The zero-order valence-corrected chi connectivity index (χ0v) is 49.9. The van der Waals surface area contributed by atoms with Gasteiger partial charge in [0.25, 0.3) is 0 Å². The third-order valence-corrected chi connectivity index (χ3v) is 18.5. The fourth-order valence-corrected chi connectivity index (χ4v) is 14.2. The highest BCUT2D eigenvalue weighted by molar-refractivity contribution is 6.25. The summed E-state index contributed by atoms with van der Waals surface area (Å²) in [4.78, 5) is 0. The summed E-state index contributed by atoms with van der Waals surface area (Å²) < 4.78 is 157. The molecule has 2 heteroatoms. The Morgan fingerprint density at radius 1 is 0.191 bits per heavy atom. The first-order chi connectivity index (χ1) is 53.2. The molecule has 20 aromatic rings. The van der Waals surface area contributed by atoms with Crippen molar-refractivity contribution in [2.75, 3.05) is 0 Å². The molecule has 0 N–H and O–H groups in total. The van der Waals surface area contributed by atoms with Gasteiger partial charge in [0.1, 0.15) is 22.3 Å². The molecule has 0 spiro atoms. The number of rotatable bonds is 6. The van der Waals surface area contributed by atoms with Gasteiger partial charge in [0, 0.05) is 21.5 Å². The summed E-state index contributed by atoms with van der Waals surface area (Å²) in [5.41, 5.74) is 10.3. The largest absolute Gasteiger partial charge is 0.456 e. The van der Waals surface area contributed by atoms with Gasteiger partial charge in [0.15, 0.2) is 0 Å². The van der Waals surface area contributed by atoms with Crippen LogP contribution in [0.25, 0.3) is 197 Å². The van der Waals surface area contributed by atoms with Crippen molar-refractivity contribution in [1.29, 1.82) is 0 Å². The van der Waals surface area contributed by atoms with Crippen molar-refractivity contribution in [3.05, 3.63) is 339 Å². The molecule has 0 bridgehead atoms. The normalized spacial score (nSPS) is 14.2. The zero-order valence-electron chi connectivity index (χ0n) is 65.9. The molecule has 436 valence electrons. The minimum absolute atomic E-state index is 0.189. The molecule has 2 nitrogen and oxygen atoms in total. The smallest absolute Gasteiger partial charge is 0.136 e. The van der Waals surface area contributed by atoms with Crippen molar-refractivity contribution in [2.24, 2.45) is 0 Å². The summed E-state index contributed by atoms with van der Waals surface area (Å²) in [6.07, 6.45) is 0. The molecule has 0 saturated heterocycles. The molecular weight excluding hydrogens is 1140 g/mol. The first-order valence-corrected chi connectivity index (χ1v) is 31.0. The summed E-state index contributed by atoms with van der Waals surface area (Å²) in [5.74, 6) is 0. The van der Waals surface area contributed by atoms with Crippen LogP contribution in [0.5, 0.6) is 0 Å². The number of hydrogen-bond acceptors (Lipinski definition) is 2. The van der Waals surface area contributed by atoms with E-state index in [1.807, 2.05) is 194 Å². The molecule has 0 unspecified atom stereocenters. The monoisotopic (exact) mass is 1210 g/mol. The van der Waals surface area contributed by atoms with E-state index in [1.54, 1.807) is 0 Å². The third kappa shape index (κ3) is 8.72. The van der Waals surface area contributed by atoms with E-state index in [1.165, 1.54) is 0 Å². The minimum atomic E-state index is -0.425. The van der Waals surface area contributed by atoms with Crippen LogP contribution in [0.3, 0.4) is 0 Å². The van der Waals surface area contributed by atoms with Gasteiger partial charge >= 0.3 is 0 Å². The van der Waals surface area contributed by atoms with E-state index in [2.05, 4.69) is 48.5 Å². The molecule has 0 atom stereocenters. The molecular formula is C92H56O2. The Hall–Kier alpha value is -12.4. The highest BCUT2D eigenvalue weighted by atomic mass is 16.3. The van der Waals surface area contributed by atoms with Crippen molar-refractivity contribution in [1.82, 2.24) is 0 Å². The van der Waals surface area contributed by atoms with Gasteiger partial charge in [0.2, 0.25) is 0 Å².